The lowest BCUT2D eigenvalue weighted by Crippen LogP contribution is -2.52. The van der Waals surface area contributed by atoms with E-state index < -0.39 is 6.10 Å². The highest BCUT2D eigenvalue weighted by Crippen LogP contribution is 2.58. The van der Waals surface area contributed by atoms with Crippen LogP contribution in [0.15, 0.2) is 12.4 Å². The minimum atomic E-state index is -0.441. The molecule has 1 aromatic rings. The van der Waals surface area contributed by atoms with E-state index in [9.17, 15) is 5.11 Å². The zero-order valence-corrected chi connectivity index (χ0v) is 12.0. The van der Waals surface area contributed by atoms with Crippen LogP contribution in [-0.4, -0.2) is 27.5 Å². The van der Waals surface area contributed by atoms with E-state index in [-0.39, 0.29) is 0 Å². The first kappa shape index (κ1) is 12.8. The fourth-order valence-corrected chi connectivity index (χ4v) is 5.43. The van der Waals surface area contributed by atoms with E-state index in [1.807, 2.05) is 6.20 Å². The van der Waals surface area contributed by atoms with Crippen molar-refractivity contribution in [1.82, 2.24) is 9.78 Å². The maximum atomic E-state index is 9.69. The van der Waals surface area contributed by atoms with Crippen LogP contribution in [0.5, 0.6) is 0 Å². The Morgan fingerprint density at radius 1 is 1.25 bits per heavy atom. The van der Waals surface area contributed by atoms with Gasteiger partial charge in [0.15, 0.2) is 0 Å². The van der Waals surface area contributed by atoms with Crippen LogP contribution in [0.1, 0.15) is 44.1 Å². The molecule has 1 aromatic heterocycles. The quantitative estimate of drug-likeness (QED) is 0.878. The number of hydrogen-bond donors (Lipinski definition) is 2. The maximum absolute atomic E-state index is 9.69. The smallest absolute Gasteiger partial charge is 0.0703 e. The third-order valence-corrected chi connectivity index (χ3v) is 5.87. The van der Waals surface area contributed by atoms with Crippen LogP contribution in [0.2, 0.25) is 0 Å². The van der Waals surface area contributed by atoms with Crippen molar-refractivity contribution in [1.29, 1.82) is 0 Å². The number of rotatable bonds is 4. The molecule has 4 fully saturated rings. The molecule has 1 atom stereocenters. The van der Waals surface area contributed by atoms with Gasteiger partial charge in [-0.15, -0.1) is 0 Å². The van der Waals surface area contributed by atoms with Crippen LogP contribution in [0.3, 0.4) is 0 Å². The lowest BCUT2D eigenvalue weighted by molar-refractivity contribution is -0.0494. The van der Waals surface area contributed by atoms with Gasteiger partial charge in [0.2, 0.25) is 0 Å². The number of aliphatic hydroxyl groups excluding tert-OH is 1. The summed E-state index contributed by atoms with van der Waals surface area (Å²) in [4.78, 5) is 0. The fraction of sp³-hybridized carbons (Fsp3) is 0.812. The van der Waals surface area contributed by atoms with Gasteiger partial charge in [-0.3, -0.25) is 4.68 Å². The molecule has 4 saturated carbocycles. The van der Waals surface area contributed by atoms with E-state index in [4.69, 9.17) is 5.73 Å². The van der Waals surface area contributed by atoms with Crippen molar-refractivity contribution in [3.05, 3.63) is 18.0 Å². The zero-order chi connectivity index (χ0) is 13.7. The van der Waals surface area contributed by atoms with E-state index in [1.54, 1.807) is 0 Å². The minimum absolute atomic E-state index is 0.292. The number of nitrogens with zero attached hydrogens (tertiary/aromatic N) is 2. The van der Waals surface area contributed by atoms with Crippen molar-refractivity contribution in [3.63, 3.8) is 0 Å². The first-order valence-electron chi connectivity index (χ1n) is 8.09. The third-order valence-electron chi connectivity index (χ3n) is 5.87. The summed E-state index contributed by atoms with van der Waals surface area (Å²) < 4.78 is 2.25. The van der Waals surface area contributed by atoms with Crippen molar-refractivity contribution in [2.24, 2.45) is 23.5 Å². The predicted molar refractivity (Wildman–Crippen MR) is 77.1 cm³/mol. The Bertz CT molecular complexity index is 460. The molecule has 0 spiro atoms. The summed E-state index contributed by atoms with van der Waals surface area (Å²) in [5.41, 5.74) is 6.91. The van der Waals surface area contributed by atoms with E-state index in [2.05, 4.69) is 16.0 Å². The topological polar surface area (TPSA) is 64.1 Å². The molecule has 1 unspecified atom stereocenters. The molecule has 5 rings (SSSR count). The number of hydrogen-bond acceptors (Lipinski definition) is 3. The van der Waals surface area contributed by atoms with Gasteiger partial charge in [-0.25, -0.2) is 0 Å². The molecule has 0 radical (unpaired) electrons. The van der Waals surface area contributed by atoms with Gasteiger partial charge < -0.3 is 10.8 Å². The zero-order valence-electron chi connectivity index (χ0n) is 12.0. The average molecular weight is 275 g/mol. The Morgan fingerprint density at radius 2 is 1.85 bits per heavy atom. The molecule has 4 bridgehead atoms. The minimum Gasteiger partial charge on any atom is -0.391 e. The van der Waals surface area contributed by atoms with Gasteiger partial charge in [0.25, 0.3) is 0 Å². The lowest BCUT2D eigenvalue weighted by Gasteiger charge is -2.56. The van der Waals surface area contributed by atoms with Crippen molar-refractivity contribution < 1.29 is 5.11 Å². The highest BCUT2D eigenvalue weighted by molar-refractivity contribution is 5.11. The molecule has 4 nitrogen and oxygen atoms in total. The number of aromatic nitrogens is 2. The summed E-state index contributed by atoms with van der Waals surface area (Å²) >= 11 is 0. The Hall–Kier alpha value is -0.870. The molecule has 0 amide bonds. The average Bonchev–Trinajstić information content (AvgIpc) is 2.86. The van der Waals surface area contributed by atoms with Crippen molar-refractivity contribution in [2.45, 2.75) is 56.6 Å². The highest BCUT2D eigenvalue weighted by Gasteiger charge is 2.52. The molecular formula is C16H25N3O. The molecule has 4 aliphatic carbocycles. The van der Waals surface area contributed by atoms with Crippen molar-refractivity contribution in [3.8, 4) is 0 Å². The summed E-state index contributed by atoms with van der Waals surface area (Å²) in [6.07, 6.45) is 12.6. The van der Waals surface area contributed by atoms with Gasteiger partial charge in [-0.1, -0.05) is 0 Å². The third kappa shape index (κ3) is 2.01. The molecule has 0 aliphatic heterocycles. The van der Waals surface area contributed by atoms with E-state index >= 15 is 0 Å². The molecule has 1 heterocycles. The van der Waals surface area contributed by atoms with Crippen LogP contribution >= 0.6 is 0 Å². The van der Waals surface area contributed by atoms with Gasteiger partial charge in [-0.05, 0) is 61.8 Å². The Kier molecular flexibility index (Phi) is 2.93. The van der Waals surface area contributed by atoms with Gasteiger partial charge in [0, 0.05) is 19.2 Å². The first-order chi connectivity index (χ1) is 9.67. The second-order valence-electron chi connectivity index (χ2n) is 7.53. The molecule has 0 aromatic carbocycles. The summed E-state index contributed by atoms with van der Waals surface area (Å²) in [7, 11) is 0. The normalized spacial score (nSPS) is 40.2. The molecule has 110 valence electrons. The largest absolute Gasteiger partial charge is 0.391 e. The summed E-state index contributed by atoms with van der Waals surface area (Å²) in [6.45, 7) is 0.322. The monoisotopic (exact) mass is 275 g/mol. The highest BCUT2D eigenvalue weighted by atomic mass is 16.3. The predicted octanol–water partition coefficient (Wildman–Crippen LogP) is 1.67. The lowest BCUT2D eigenvalue weighted by atomic mass is 9.53. The van der Waals surface area contributed by atoms with E-state index in [0.29, 0.717) is 18.5 Å². The van der Waals surface area contributed by atoms with Crippen LogP contribution in [0, 0.1) is 17.8 Å². The maximum Gasteiger partial charge on any atom is 0.0703 e. The standard InChI is InChI=1S/C16H25N3O/c17-8-15(20)4-14-9-18-19(10-14)16-5-11-1-12(6-16)3-13(2-11)7-16/h9-13,15,20H,1-8,17H2. The fourth-order valence-electron chi connectivity index (χ4n) is 5.43. The van der Waals surface area contributed by atoms with Crippen LogP contribution in [0.4, 0.5) is 0 Å². The second kappa shape index (κ2) is 4.57. The summed E-state index contributed by atoms with van der Waals surface area (Å²) in [5.74, 6) is 2.80. The Balaban J connectivity index is 1.58. The number of nitrogens with two attached hydrogens (primary N) is 1. The summed E-state index contributed by atoms with van der Waals surface area (Å²) in [6, 6.07) is 0. The van der Waals surface area contributed by atoms with Crippen LogP contribution in [0.25, 0.3) is 0 Å². The van der Waals surface area contributed by atoms with Gasteiger partial charge in [0.05, 0.1) is 17.8 Å². The first-order valence-corrected chi connectivity index (χ1v) is 8.09. The second-order valence-corrected chi connectivity index (χ2v) is 7.53. The summed E-state index contributed by atoms with van der Waals surface area (Å²) in [5, 5.41) is 14.4. The molecule has 20 heavy (non-hydrogen) atoms. The van der Waals surface area contributed by atoms with Crippen LogP contribution < -0.4 is 5.73 Å². The van der Waals surface area contributed by atoms with Gasteiger partial charge in [-0.2, -0.15) is 5.10 Å². The molecule has 0 saturated heterocycles. The van der Waals surface area contributed by atoms with Gasteiger partial charge in [0.1, 0.15) is 0 Å². The molecular weight excluding hydrogens is 250 g/mol. The SMILES string of the molecule is NCC(O)Cc1cnn(C23CC4CC(CC(C4)C2)C3)c1. The molecule has 4 aliphatic rings. The van der Waals surface area contributed by atoms with E-state index in [1.165, 1.54) is 38.5 Å². The van der Waals surface area contributed by atoms with Crippen molar-refractivity contribution in [2.75, 3.05) is 6.54 Å². The Labute approximate surface area is 120 Å². The van der Waals surface area contributed by atoms with E-state index in [0.717, 1.165) is 23.3 Å². The van der Waals surface area contributed by atoms with Crippen molar-refractivity contribution >= 4 is 0 Å². The Morgan fingerprint density at radius 3 is 2.40 bits per heavy atom. The van der Waals surface area contributed by atoms with Crippen LogP contribution in [-0.2, 0) is 12.0 Å². The molecule has 4 heteroatoms. The van der Waals surface area contributed by atoms with Gasteiger partial charge >= 0.3 is 0 Å². The number of aliphatic hydroxyl groups is 1. The molecule has 3 N–H and O–H groups in total.